The van der Waals surface area contributed by atoms with Crippen molar-refractivity contribution in [2.45, 2.75) is 25.0 Å². The predicted molar refractivity (Wildman–Crippen MR) is 67.9 cm³/mol. The minimum Gasteiger partial charge on any atom is -0.441 e. The van der Waals surface area contributed by atoms with Gasteiger partial charge in [-0.15, -0.1) is 0 Å². The molecule has 7 heteroatoms. The average molecular weight is 266 g/mol. The molecule has 7 nitrogen and oxygen atoms in total. The first-order valence-corrected chi connectivity index (χ1v) is 6.60. The van der Waals surface area contributed by atoms with Gasteiger partial charge in [0.05, 0.1) is 6.54 Å². The van der Waals surface area contributed by atoms with Crippen LogP contribution in [0.1, 0.15) is 12.8 Å². The molecular weight excluding hydrogens is 248 g/mol. The molecule has 1 spiro atoms. The van der Waals surface area contributed by atoms with Crippen molar-refractivity contribution < 1.29 is 9.53 Å². The van der Waals surface area contributed by atoms with Crippen molar-refractivity contribution in [2.75, 3.05) is 26.2 Å². The van der Waals surface area contributed by atoms with E-state index in [1.54, 1.807) is 17.0 Å². The van der Waals surface area contributed by atoms with Crippen molar-refractivity contribution >= 4 is 6.09 Å². The number of likely N-dealkylation sites (tertiary alicyclic amines) is 1. The summed E-state index contributed by atoms with van der Waals surface area (Å²) in [6, 6.07) is 0. The SMILES string of the molecule is O=C1NCC2(CCN(CCn3cc[nH]c3=O)CC2)O1. The van der Waals surface area contributed by atoms with Crippen LogP contribution in [-0.4, -0.2) is 52.3 Å². The van der Waals surface area contributed by atoms with E-state index < -0.39 is 0 Å². The third kappa shape index (κ3) is 2.51. The number of aromatic amines is 1. The zero-order valence-corrected chi connectivity index (χ0v) is 10.7. The predicted octanol–water partition coefficient (Wildman–Crippen LogP) is -0.249. The monoisotopic (exact) mass is 266 g/mol. The number of imidazole rings is 1. The lowest BCUT2D eigenvalue weighted by molar-refractivity contribution is 0.000242. The van der Waals surface area contributed by atoms with Gasteiger partial charge in [0.2, 0.25) is 0 Å². The van der Waals surface area contributed by atoms with Crippen molar-refractivity contribution in [3.8, 4) is 0 Å². The zero-order chi connectivity index (χ0) is 13.3. The Morgan fingerprint density at radius 3 is 2.63 bits per heavy atom. The number of carbonyl (C=O) groups excluding carboxylic acids is 1. The van der Waals surface area contributed by atoms with Crippen LogP contribution >= 0.6 is 0 Å². The Bertz CT molecular complexity index is 513. The first kappa shape index (κ1) is 12.3. The van der Waals surface area contributed by atoms with Crippen LogP contribution < -0.4 is 11.0 Å². The molecule has 19 heavy (non-hydrogen) atoms. The fourth-order valence-corrected chi connectivity index (χ4v) is 2.74. The van der Waals surface area contributed by atoms with E-state index in [2.05, 4.69) is 15.2 Å². The highest BCUT2D eigenvalue weighted by Gasteiger charge is 2.42. The van der Waals surface area contributed by atoms with E-state index in [1.165, 1.54) is 0 Å². The van der Waals surface area contributed by atoms with E-state index in [9.17, 15) is 9.59 Å². The number of carbonyl (C=O) groups is 1. The summed E-state index contributed by atoms with van der Waals surface area (Å²) in [7, 11) is 0. The van der Waals surface area contributed by atoms with Crippen LogP contribution in [0.2, 0.25) is 0 Å². The Morgan fingerprint density at radius 1 is 1.26 bits per heavy atom. The number of rotatable bonds is 3. The highest BCUT2D eigenvalue weighted by atomic mass is 16.6. The number of ether oxygens (including phenoxy) is 1. The first-order valence-electron chi connectivity index (χ1n) is 6.60. The Hall–Kier alpha value is -1.76. The standard InChI is InChI=1S/C12H18N4O3/c17-10-13-3-6-16(10)8-7-15-4-1-12(2-5-15)9-14-11(18)19-12/h3,6H,1-2,4-5,7-9H2,(H,13,17)(H,14,18). The molecule has 0 atom stereocenters. The summed E-state index contributed by atoms with van der Waals surface area (Å²) < 4.78 is 7.04. The fraction of sp³-hybridized carbons (Fsp3) is 0.667. The van der Waals surface area contributed by atoms with Gasteiger partial charge in [-0.05, 0) is 0 Å². The normalized spacial score (nSPS) is 22.4. The van der Waals surface area contributed by atoms with Gasteiger partial charge in [0.25, 0.3) is 0 Å². The second-order valence-corrected chi connectivity index (χ2v) is 5.23. The molecule has 3 rings (SSSR count). The van der Waals surface area contributed by atoms with E-state index >= 15 is 0 Å². The van der Waals surface area contributed by atoms with E-state index in [0.29, 0.717) is 13.1 Å². The lowest BCUT2D eigenvalue weighted by Gasteiger charge is -2.37. The van der Waals surface area contributed by atoms with Crippen molar-refractivity contribution in [2.24, 2.45) is 0 Å². The van der Waals surface area contributed by atoms with Crippen LogP contribution in [0.25, 0.3) is 0 Å². The highest BCUT2D eigenvalue weighted by Crippen LogP contribution is 2.28. The summed E-state index contributed by atoms with van der Waals surface area (Å²) >= 11 is 0. The maximum atomic E-state index is 11.4. The van der Waals surface area contributed by atoms with Crippen molar-refractivity contribution in [3.05, 3.63) is 22.9 Å². The molecule has 1 aromatic heterocycles. The molecule has 0 saturated carbocycles. The van der Waals surface area contributed by atoms with Crippen molar-refractivity contribution in [1.82, 2.24) is 19.8 Å². The number of aromatic nitrogens is 2. The average Bonchev–Trinajstić information content (AvgIpc) is 2.97. The molecule has 0 bridgehead atoms. The van der Waals surface area contributed by atoms with Gasteiger partial charge in [-0.2, -0.15) is 0 Å². The summed E-state index contributed by atoms with van der Waals surface area (Å²) in [5.41, 5.74) is -0.360. The molecule has 2 N–H and O–H groups in total. The molecule has 104 valence electrons. The first-order chi connectivity index (χ1) is 9.17. The number of hydrogen-bond donors (Lipinski definition) is 2. The van der Waals surface area contributed by atoms with Gasteiger partial charge in [-0.25, -0.2) is 9.59 Å². The minimum atomic E-state index is -0.299. The number of H-pyrrole nitrogens is 1. The van der Waals surface area contributed by atoms with Crippen LogP contribution in [0.4, 0.5) is 4.79 Å². The Balaban J connectivity index is 1.49. The second-order valence-electron chi connectivity index (χ2n) is 5.23. The molecule has 0 unspecified atom stereocenters. The van der Waals surface area contributed by atoms with Crippen LogP contribution in [0.3, 0.4) is 0 Å². The molecule has 1 amide bonds. The van der Waals surface area contributed by atoms with Gasteiger partial charge in [0.1, 0.15) is 5.60 Å². The molecule has 2 fully saturated rings. The van der Waals surface area contributed by atoms with E-state index in [0.717, 1.165) is 32.5 Å². The largest absolute Gasteiger partial charge is 0.441 e. The quantitative estimate of drug-likeness (QED) is 0.790. The van der Waals surface area contributed by atoms with Gasteiger partial charge >= 0.3 is 11.8 Å². The second kappa shape index (κ2) is 4.73. The third-order valence-corrected chi connectivity index (χ3v) is 4.01. The van der Waals surface area contributed by atoms with Crippen LogP contribution in [0.5, 0.6) is 0 Å². The van der Waals surface area contributed by atoms with E-state index in [1.807, 2.05) is 0 Å². The molecule has 3 heterocycles. The molecule has 0 aromatic carbocycles. The lowest BCUT2D eigenvalue weighted by Crippen LogP contribution is -2.47. The number of nitrogens with zero attached hydrogens (tertiary/aromatic N) is 2. The number of nitrogens with one attached hydrogen (secondary N) is 2. The van der Waals surface area contributed by atoms with E-state index in [-0.39, 0.29) is 17.4 Å². The number of piperidine rings is 1. The van der Waals surface area contributed by atoms with Gasteiger partial charge < -0.3 is 19.9 Å². The molecule has 0 radical (unpaired) electrons. The van der Waals surface area contributed by atoms with Crippen LogP contribution in [0.15, 0.2) is 17.2 Å². The number of alkyl carbamates (subject to hydrolysis) is 1. The van der Waals surface area contributed by atoms with Gasteiger partial charge in [-0.3, -0.25) is 4.57 Å². The lowest BCUT2D eigenvalue weighted by atomic mass is 9.92. The maximum Gasteiger partial charge on any atom is 0.407 e. The number of amides is 1. The Morgan fingerprint density at radius 2 is 2.05 bits per heavy atom. The van der Waals surface area contributed by atoms with Crippen molar-refractivity contribution in [3.63, 3.8) is 0 Å². The van der Waals surface area contributed by atoms with Gasteiger partial charge in [0.15, 0.2) is 0 Å². The highest BCUT2D eigenvalue weighted by molar-refractivity contribution is 5.70. The number of hydrogen-bond acceptors (Lipinski definition) is 4. The summed E-state index contributed by atoms with van der Waals surface area (Å²) in [6.45, 7) is 3.95. The molecule has 2 aliphatic heterocycles. The van der Waals surface area contributed by atoms with Crippen LogP contribution in [-0.2, 0) is 11.3 Å². The maximum absolute atomic E-state index is 11.4. The fourth-order valence-electron chi connectivity index (χ4n) is 2.74. The summed E-state index contributed by atoms with van der Waals surface area (Å²) in [4.78, 5) is 27.4. The molecule has 1 aromatic rings. The third-order valence-electron chi connectivity index (χ3n) is 4.01. The molecule has 2 saturated heterocycles. The summed E-state index contributed by atoms with van der Waals surface area (Å²) in [5, 5.41) is 2.73. The Kier molecular flexibility index (Phi) is 3.06. The van der Waals surface area contributed by atoms with E-state index in [4.69, 9.17) is 4.74 Å². The molecule has 0 aliphatic carbocycles. The topological polar surface area (TPSA) is 79.4 Å². The molecule has 2 aliphatic rings. The van der Waals surface area contributed by atoms with Gasteiger partial charge in [0, 0.05) is 51.4 Å². The smallest absolute Gasteiger partial charge is 0.407 e. The Labute approximate surface area is 110 Å². The zero-order valence-electron chi connectivity index (χ0n) is 10.7. The van der Waals surface area contributed by atoms with Gasteiger partial charge in [-0.1, -0.05) is 0 Å². The van der Waals surface area contributed by atoms with Crippen LogP contribution in [0, 0.1) is 0 Å². The van der Waals surface area contributed by atoms with Crippen molar-refractivity contribution in [1.29, 1.82) is 0 Å². The summed E-state index contributed by atoms with van der Waals surface area (Å²) in [5.74, 6) is 0. The minimum absolute atomic E-state index is 0.0672. The summed E-state index contributed by atoms with van der Waals surface area (Å²) in [6.07, 6.45) is 4.82. The molecular formula is C12H18N4O3.